The van der Waals surface area contributed by atoms with Crippen molar-refractivity contribution in [3.63, 3.8) is 0 Å². The molecule has 30 heteroatoms. The van der Waals surface area contributed by atoms with Crippen LogP contribution in [-0.2, 0) is 44.9 Å². The van der Waals surface area contributed by atoms with E-state index in [1.165, 1.54) is 12.1 Å². The molecule has 2 heterocycles. The molecule has 2 saturated heterocycles. The molecule has 0 spiro atoms. The molecule has 3 atom stereocenters. The molecular weight excluding hydrogens is 1200 g/mol. The predicted molar refractivity (Wildman–Crippen MR) is 350 cm³/mol. The van der Waals surface area contributed by atoms with E-state index < -0.39 is 53.8 Å². The van der Waals surface area contributed by atoms with E-state index >= 15 is 0 Å². The quantitative estimate of drug-likeness (QED) is 0.0186. The van der Waals surface area contributed by atoms with Gasteiger partial charge in [0.2, 0.25) is 29.5 Å². The number of phenolic OH excluding ortho intramolecular Hbond substituents is 1. The van der Waals surface area contributed by atoms with Crippen LogP contribution < -0.4 is 59.3 Å². The minimum absolute atomic E-state index is 0.0815. The Morgan fingerprint density at radius 1 is 0.538 bits per heavy atom. The number of amides is 7. The number of aliphatic carboxylic acids is 3. The number of piperidine rings is 1. The van der Waals surface area contributed by atoms with Gasteiger partial charge in [0.25, 0.3) is 0 Å². The van der Waals surface area contributed by atoms with E-state index in [1.807, 2.05) is 54.6 Å². The number of carboxylic acid groups (broad SMARTS) is 3. The van der Waals surface area contributed by atoms with Crippen molar-refractivity contribution in [3.8, 4) is 5.75 Å². The second-order valence-electron chi connectivity index (χ2n) is 23.1. The minimum Gasteiger partial charge on any atom is -0.508 e. The summed E-state index contributed by atoms with van der Waals surface area (Å²) in [6.45, 7) is 8.52. The standard InChI is InChI=1S/C63H97N17O13/c1-2-53(82)68-27-28-71-63(93)75-62(65)70-24-7-12-52(60(91)72-39-45-13-19-50(81)20-14-45)74-61(92)58(46-9-4-3-5-10-46)47-15-17-48(18-16-47)66-25-8-26-69-59(90)51(64)11-6-23-67-54(83)40-76-29-21-49(22-30-76)73-44-80-37-35-78(42-56(86)87)33-31-77(41-55(84)85)32-34-79(36-38-80)43-57(88)89/h3-5,9-10,13-20,49,51-52,58,66,73,81H,2,6-8,11-12,21-44,64H2,1H3,(H,67,83)(H,68,82)(H,69,90)(H,72,91)(H,74,92)(H,84,85)(H,86,87)(H,88,89)(H4,65,70,71,75,93)/t51-,52-,58+/m1/s1. The first-order valence-electron chi connectivity index (χ1n) is 31.9. The van der Waals surface area contributed by atoms with Gasteiger partial charge >= 0.3 is 23.9 Å². The van der Waals surface area contributed by atoms with Gasteiger partial charge in [-0.1, -0.05) is 61.5 Å². The van der Waals surface area contributed by atoms with Crippen molar-refractivity contribution in [1.29, 1.82) is 0 Å². The van der Waals surface area contributed by atoms with Gasteiger partial charge < -0.3 is 79.7 Å². The number of carbonyl (C=O) groups excluding carboxylic acids is 6. The normalized spacial score (nSPS) is 16.2. The molecule has 512 valence electrons. The van der Waals surface area contributed by atoms with Crippen LogP contribution in [0.3, 0.4) is 0 Å². The van der Waals surface area contributed by atoms with Crippen molar-refractivity contribution in [2.75, 3.05) is 143 Å². The molecule has 0 aliphatic carbocycles. The molecule has 0 radical (unpaired) electrons. The maximum Gasteiger partial charge on any atom is 0.344 e. The van der Waals surface area contributed by atoms with Crippen molar-refractivity contribution >= 4 is 65.1 Å². The minimum atomic E-state index is -1.01. The summed E-state index contributed by atoms with van der Waals surface area (Å²) < 4.78 is 0. The van der Waals surface area contributed by atoms with Crippen LogP contribution in [0.5, 0.6) is 5.75 Å². The smallest absolute Gasteiger partial charge is 0.344 e. The molecule has 5 rings (SSSR count). The van der Waals surface area contributed by atoms with Crippen LogP contribution >= 0.6 is 0 Å². The number of nitrogens with one attached hydrogen (secondary N) is 9. The van der Waals surface area contributed by atoms with Gasteiger partial charge in [0, 0.05) is 136 Å². The van der Waals surface area contributed by atoms with Crippen molar-refractivity contribution < 1.29 is 63.6 Å². The van der Waals surface area contributed by atoms with E-state index in [1.54, 1.807) is 33.8 Å². The highest BCUT2D eigenvalue weighted by Crippen LogP contribution is 2.27. The molecule has 2 aliphatic heterocycles. The Hall–Kier alpha value is -8.52. The molecule has 7 amide bonds. The van der Waals surface area contributed by atoms with Crippen molar-refractivity contribution in [3.05, 3.63) is 95.6 Å². The largest absolute Gasteiger partial charge is 0.508 e. The second-order valence-corrected chi connectivity index (χ2v) is 23.1. The number of nitrogens with two attached hydrogens (primary N) is 2. The fraction of sp³-hybridized carbons (Fsp3) is 0.556. The van der Waals surface area contributed by atoms with Gasteiger partial charge in [0.05, 0.1) is 38.1 Å². The van der Waals surface area contributed by atoms with Gasteiger partial charge in [-0.25, -0.2) is 4.79 Å². The number of anilines is 1. The lowest BCUT2D eigenvalue weighted by atomic mass is 9.90. The summed E-state index contributed by atoms with van der Waals surface area (Å²) in [5.74, 6) is -5.23. The number of aromatic hydroxyl groups is 1. The van der Waals surface area contributed by atoms with Gasteiger partial charge in [0.1, 0.15) is 11.8 Å². The number of carbonyl (C=O) groups is 9. The van der Waals surface area contributed by atoms with Crippen LogP contribution in [-0.4, -0.2) is 260 Å². The number of carboxylic acids is 3. The number of hydrogen-bond acceptors (Lipinski definition) is 18. The van der Waals surface area contributed by atoms with Crippen LogP contribution in [0.25, 0.3) is 0 Å². The summed E-state index contributed by atoms with van der Waals surface area (Å²) in [5.41, 5.74) is 15.1. The average Bonchev–Trinajstić information content (AvgIpc) is 0.902. The Kier molecular flexibility index (Phi) is 33.8. The van der Waals surface area contributed by atoms with Crippen LogP contribution in [0.1, 0.15) is 80.9 Å². The Bertz CT molecular complexity index is 2820. The van der Waals surface area contributed by atoms with Crippen molar-refractivity contribution in [2.45, 2.75) is 88.9 Å². The number of nitrogens with zero attached hydrogens (tertiary/aromatic N) is 6. The topological polar surface area (TPSA) is 423 Å². The third-order valence-electron chi connectivity index (χ3n) is 15.8. The molecule has 0 bridgehead atoms. The molecule has 2 fully saturated rings. The zero-order valence-corrected chi connectivity index (χ0v) is 53.3. The molecule has 0 aromatic heterocycles. The number of aliphatic imine (C=N–C) groups is 1. The van der Waals surface area contributed by atoms with Crippen LogP contribution in [0.2, 0.25) is 0 Å². The molecule has 3 aromatic rings. The number of rotatable bonds is 36. The van der Waals surface area contributed by atoms with Crippen LogP contribution in [0.4, 0.5) is 10.5 Å². The van der Waals surface area contributed by atoms with Crippen LogP contribution in [0, 0.1) is 0 Å². The summed E-state index contributed by atoms with van der Waals surface area (Å²) in [6, 6.07) is 20.7. The SMILES string of the molecule is CCC(=O)NCCNC(=O)/N=C(/N)NCCC[C@@H](NC(=O)[C@@H](c1ccccc1)c1ccc(NCCCNC(=O)[C@H](N)CCCNC(=O)CN2CCC(NCN3CCN(CC(=O)O)CCN(CC(=O)O)CCN(CC(=O)O)CC3)CC2)cc1)C(=O)NCc1ccc(O)cc1. The van der Waals surface area contributed by atoms with E-state index in [-0.39, 0.29) is 94.3 Å². The second kappa shape index (κ2) is 41.9. The fourth-order valence-electron chi connectivity index (χ4n) is 10.5. The van der Waals surface area contributed by atoms with Crippen LogP contribution in [0.15, 0.2) is 83.9 Å². The van der Waals surface area contributed by atoms with Crippen molar-refractivity contribution in [2.24, 2.45) is 16.5 Å². The first-order valence-corrected chi connectivity index (χ1v) is 31.9. The van der Waals surface area contributed by atoms with Gasteiger partial charge in [-0.2, -0.15) is 4.99 Å². The molecule has 0 unspecified atom stereocenters. The number of likely N-dealkylation sites (tertiary alicyclic amines) is 1. The molecule has 0 saturated carbocycles. The summed E-state index contributed by atoms with van der Waals surface area (Å²) in [4.78, 5) is 126. The van der Waals surface area contributed by atoms with E-state index in [4.69, 9.17) is 11.5 Å². The zero-order chi connectivity index (χ0) is 67.3. The molecular formula is C63H97N17O13. The molecule has 17 N–H and O–H groups in total. The van der Waals surface area contributed by atoms with Crippen molar-refractivity contribution in [1.82, 2.24) is 67.0 Å². The van der Waals surface area contributed by atoms with E-state index in [9.17, 15) is 63.6 Å². The van der Waals surface area contributed by atoms with Gasteiger partial charge in [-0.3, -0.25) is 62.9 Å². The first kappa shape index (κ1) is 75.2. The molecule has 93 heavy (non-hydrogen) atoms. The number of urea groups is 1. The highest BCUT2D eigenvalue weighted by Gasteiger charge is 2.29. The highest BCUT2D eigenvalue weighted by atomic mass is 16.4. The van der Waals surface area contributed by atoms with Gasteiger partial charge in [-0.05, 0) is 85.9 Å². The summed E-state index contributed by atoms with van der Waals surface area (Å²) in [6.07, 6.45) is 3.92. The Labute approximate surface area is 543 Å². The molecule has 30 nitrogen and oxygen atoms in total. The number of phenols is 1. The molecule has 2 aliphatic rings. The summed E-state index contributed by atoms with van der Waals surface area (Å²) in [5, 5.41) is 65.0. The Morgan fingerprint density at radius 3 is 1.66 bits per heavy atom. The highest BCUT2D eigenvalue weighted by molar-refractivity contribution is 5.93. The fourth-order valence-corrected chi connectivity index (χ4v) is 10.5. The first-order chi connectivity index (χ1) is 44.7. The third kappa shape index (κ3) is 30.6. The maximum absolute atomic E-state index is 14.4. The van der Waals surface area contributed by atoms with Gasteiger partial charge in [-0.15, -0.1) is 0 Å². The monoisotopic (exact) mass is 1300 g/mol. The predicted octanol–water partition coefficient (Wildman–Crippen LogP) is -1.13. The van der Waals surface area contributed by atoms with Gasteiger partial charge in [0.15, 0.2) is 5.96 Å². The lowest BCUT2D eigenvalue weighted by Gasteiger charge is -2.35. The Balaban J connectivity index is 1.00. The van der Waals surface area contributed by atoms with E-state index in [0.29, 0.717) is 135 Å². The lowest BCUT2D eigenvalue weighted by Crippen LogP contribution is -2.52. The number of hydrogen-bond donors (Lipinski definition) is 15. The Morgan fingerprint density at radius 2 is 1.06 bits per heavy atom. The third-order valence-corrected chi connectivity index (χ3v) is 15.8. The average molecular weight is 1300 g/mol. The summed E-state index contributed by atoms with van der Waals surface area (Å²) in [7, 11) is 0. The maximum atomic E-state index is 14.4. The summed E-state index contributed by atoms with van der Waals surface area (Å²) >= 11 is 0. The number of guanidine groups is 1. The van der Waals surface area contributed by atoms with E-state index in [0.717, 1.165) is 24.1 Å². The number of benzene rings is 3. The lowest BCUT2D eigenvalue weighted by molar-refractivity contribution is -0.140. The zero-order valence-electron chi connectivity index (χ0n) is 53.3. The van der Waals surface area contributed by atoms with E-state index in [2.05, 4.69) is 62.6 Å². The molecule has 3 aromatic carbocycles.